The monoisotopic (exact) mass is 395 g/mol. The number of hydrogen-bond acceptors (Lipinski definition) is 6. The fraction of sp³-hybridized carbons (Fsp3) is 0.100. The van der Waals surface area contributed by atoms with Crippen LogP contribution in [0.5, 0.6) is 0 Å². The third kappa shape index (κ3) is 5.01. The van der Waals surface area contributed by atoms with Gasteiger partial charge in [0.25, 0.3) is 5.91 Å². The summed E-state index contributed by atoms with van der Waals surface area (Å²) in [5.74, 6) is -1.15. The Balaban J connectivity index is 1.61. The van der Waals surface area contributed by atoms with E-state index in [1.54, 1.807) is 23.6 Å². The number of methoxy groups -OCH3 is 1. The minimum absolute atomic E-state index is 0.170. The number of rotatable bonds is 6. The van der Waals surface area contributed by atoms with Gasteiger partial charge in [0.05, 0.1) is 19.1 Å². The van der Waals surface area contributed by atoms with Gasteiger partial charge < -0.3 is 15.4 Å². The Morgan fingerprint density at radius 3 is 2.57 bits per heavy atom. The molecule has 2 amide bonds. The molecule has 0 fully saturated rings. The number of amides is 2. The average Bonchev–Trinajstić information content (AvgIpc) is 3.16. The van der Waals surface area contributed by atoms with Gasteiger partial charge in [-0.15, -0.1) is 11.3 Å². The number of carbonyl (C=O) groups excluding carboxylic acids is 3. The van der Waals surface area contributed by atoms with Crippen molar-refractivity contribution in [1.29, 1.82) is 0 Å². The van der Waals surface area contributed by atoms with Gasteiger partial charge in [-0.05, 0) is 23.8 Å². The summed E-state index contributed by atoms with van der Waals surface area (Å²) in [5.41, 5.74) is 1.83. The van der Waals surface area contributed by atoms with E-state index in [0.717, 1.165) is 16.9 Å². The van der Waals surface area contributed by atoms with Crippen LogP contribution < -0.4 is 10.6 Å². The van der Waals surface area contributed by atoms with Crippen molar-refractivity contribution in [2.75, 3.05) is 17.7 Å². The minimum atomic E-state index is -0.492. The summed E-state index contributed by atoms with van der Waals surface area (Å²) in [7, 11) is 1.29. The lowest BCUT2D eigenvalue weighted by Gasteiger charge is -2.05. The lowest BCUT2D eigenvalue weighted by atomic mass is 10.1. The number of ether oxygens (including phenoxy) is 1. The molecule has 0 bridgehead atoms. The molecule has 0 spiro atoms. The summed E-state index contributed by atoms with van der Waals surface area (Å²) in [6, 6.07) is 15.7. The van der Waals surface area contributed by atoms with E-state index in [1.807, 2.05) is 30.3 Å². The first-order valence-corrected chi connectivity index (χ1v) is 9.22. The van der Waals surface area contributed by atoms with Gasteiger partial charge in [0.2, 0.25) is 5.91 Å². The van der Waals surface area contributed by atoms with Gasteiger partial charge in [-0.3, -0.25) is 9.59 Å². The van der Waals surface area contributed by atoms with E-state index in [2.05, 4.69) is 20.4 Å². The van der Waals surface area contributed by atoms with Gasteiger partial charge in [0.1, 0.15) is 5.69 Å². The first-order valence-electron chi connectivity index (χ1n) is 8.34. The van der Waals surface area contributed by atoms with Gasteiger partial charge in [-0.1, -0.05) is 36.4 Å². The van der Waals surface area contributed by atoms with Crippen molar-refractivity contribution in [2.45, 2.75) is 6.42 Å². The summed E-state index contributed by atoms with van der Waals surface area (Å²) in [6.07, 6.45) is 0.224. The standard InChI is InChI=1S/C20H17N3O4S/c1-27-19(26)14-8-5-9-15(11-14)21-18(25)16-12-28-20(22-16)23-17(24)10-13-6-3-2-4-7-13/h2-9,11-12H,10H2,1H3,(H,21,25)(H,22,23,24). The molecule has 0 atom stereocenters. The molecular formula is C20H17N3O4S. The molecule has 1 heterocycles. The van der Waals surface area contributed by atoms with Crippen LogP contribution in [0.4, 0.5) is 10.8 Å². The van der Waals surface area contributed by atoms with Crippen LogP contribution >= 0.6 is 11.3 Å². The summed E-state index contributed by atoms with van der Waals surface area (Å²) in [6.45, 7) is 0. The molecular weight excluding hydrogens is 378 g/mol. The third-order valence-corrected chi connectivity index (χ3v) is 4.49. The first-order chi connectivity index (χ1) is 13.5. The van der Waals surface area contributed by atoms with E-state index in [0.29, 0.717) is 16.4 Å². The van der Waals surface area contributed by atoms with E-state index >= 15 is 0 Å². The quantitative estimate of drug-likeness (QED) is 0.624. The normalized spacial score (nSPS) is 10.2. The van der Waals surface area contributed by atoms with Gasteiger partial charge in [-0.2, -0.15) is 0 Å². The number of aromatic nitrogens is 1. The zero-order chi connectivity index (χ0) is 19.9. The molecule has 0 aliphatic rings. The summed E-state index contributed by atoms with van der Waals surface area (Å²) in [5, 5.41) is 7.25. The van der Waals surface area contributed by atoms with Gasteiger partial charge in [0.15, 0.2) is 5.13 Å². The SMILES string of the molecule is COC(=O)c1cccc(NC(=O)c2csc(NC(=O)Cc3ccccc3)n2)c1. The number of carbonyl (C=O) groups is 3. The molecule has 0 radical (unpaired) electrons. The number of nitrogens with one attached hydrogen (secondary N) is 2. The Hall–Kier alpha value is -3.52. The highest BCUT2D eigenvalue weighted by Gasteiger charge is 2.14. The maximum Gasteiger partial charge on any atom is 0.337 e. The Bertz CT molecular complexity index is 1000. The lowest BCUT2D eigenvalue weighted by molar-refractivity contribution is -0.115. The summed E-state index contributed by atoms with van der Waals surface area (Å²) >= 11 is 1.16. The van der Waals surface area contributed by atoms with Crippen molar-refractivity contribution in [3.8, 4) is 0 Å². The number of anilines is 2. The van der Waals surface area contributed by atoms with E-state index in [4.69, 9.17) is 0 Å². The number of nitrogens with zero attached hydrogens (tertiary/aromatic N) is 1. The molecule has 7 nitrogen and oxygen atoms in total. The molecule has 2 N–H and O–H groups in total. The van der Waals surface area contributed by atoms with E-state index in [9.17, 15) is 14.4 Å². The molecule has 0 unspecified atom stereocenters. The molecule has 8 heteroatoms. The van der Waals surface area contributed by atoms with Crippen molar-refractivity contribution in [3.63, 3.8) is 0 Å². The highest BCUT2D eigenvalue weighted by Crippen LogP contribution is 2.18. The Morgan fingerprint density at radius 2 is 1.82 bits per heavy atom. The molecule has 1 aromatic heterocycles. The largest absolute Gasteiger partial charge is 0.465 e. The second-order valence-corrected chi connectivity index (χ2v) is 6.63. The van der Waals surface area contributed by atoms with E-state index in [-0.39, 0.29) is 18.0 Å². The summed E-state index contributed by atoms with van der Waals surface area (Å²) in [4.78, 5) is 40.2. The fourth-order valence-corrected chi connectivity index (χ4v) is 3.12. The fourth-order valence-electron chi connectivity index (χ4n) is 2.42. The van der Waals surface area contributed by atoms with Gasteiger partial charge in [-0.25, -0.2) is 9.78 Å². The van der Waals surface area contributed by atoms with Crippen molar-refractivity contribution in [3.05, 3.63) is 76.8 Å². The number of thiazole rings is 1. The minimum Gasteiger partial charge on any atom is -0.465 e. The molecule has 0 aliphatic carbocycles. The smallest absolute Gasteiger partial charge is 0.337 e. The highest BCUT2D eigenvalue weighted by molar-refractivity contribution is 7.14. The van der Waals surface area contributed by atoms with Crippen LogP contribution in [0.1, 0.15) is 26.4 Å². The zero-order valence-electron chi connectivity index (χ0n) is 15.0. The van der Waals surface area contributed by atoms with Crippen molar-refractivity contribution >= 4 is 39.9 Å². The molecule has 2 aromatic carbocycles. The van der Waals surface area contributed by atoms with Gasteiger partial charge in [0, 0.05) is 11.1 Å². The van der Waals surface area contributed by atoms with Gasteiger partial charge >= 0.3 is 5.97 Å². The van der Waals surface area contributed by atoms with Crippen LogP contribution in [0.15, 0.2) is 60.0 Å². The van der Waals surface area contributed by atoms with Crippen LogP contribution in [0, 0.1) is 0 Å². The number of benzene rings is 2. The topological polar surface area (TPSA) is 97.4 Å². The van der Waals surface area contributed by atoms with Crippen molar-refractivity contribution in [2.24, 2.45) is 0 Å². The predicted octanol–water partition coefficient (Wildman–Crippen LogP) is 3.36. The van der Waals surface area contributed by atoms with Crippen LogP contribution in [-0.4, -0.2) is 29.9 Å². The predicted molar refractivity (Wildman–Crippen MR) is 107 cm³/mol. The van der Waals surface area contributed by atoms with Crippen LogP contribution in [0.2, 0.25) is 0 Å². The maximum atomic E-state index is 12.4. The molecule has 0 saturated heterocycles. The highest BCUT2D eigenvalue weighted by atomic mass is 32.1. The van der Waals surface area contributed by atoms with Crippen LogP contribution in [-0.2, 0) is 16.0 Å². The number of hydrogen-bond donors (Lipinski definition) is 2. The molecule has 3 rings (SSSR count). The summed E-state index contributed by atoms with van der Waals surface area (Å²) < 4.78 is 4.66. The Labute approximate surface area is 165 Å². The van der Waals surface area contributed by atoms with E-state index in [1.165, 1.54) is 13.2 Å². The van der Waals surface area contributed by atoms with Crippen molar-refractivity contribution in [1.82, 2.24) is 4.98 Å². The molecule has 142 valence electrons. The lowest BCUT2D eigenvalue weighted by Crippen LogP contribution is -2.15. The van der Waals surface area contributed by atoms with Crippen LogP contribution in [0.25, 0.3) is 0 Å². The number of esters is 1. The second-order valence-electron chi connectivity index (χ2n) is 5.77. The zero-order valence-corrected chi connectivity index (χ0v) is 15.8. The first kappa shape index (κ1) is 19.2. The van der Waals surface area contributed by atoms with Crippen molar-refractivity contribution < 1.29 is 19.1 Å². The average molecular weight is 395 g/mol. The van der Waals surface area contributed by atoms with E-state index < -0.39 is 11.9 Å². The molecule has 3 aromatic rings. The maximum absolute atomic E-state index is 12.4. The van der Waals surface area contributed by atoms with Crippen LogP contribution in [0.3, 0.4) is 0 Å². The molecule has 0 saturated carbocycles. The Morgan fingerprint density at radius 1 is 1.04 bits per heavy atom. The third-order valence-electron chi connectivity index (χ3n) is 3.73. The second kappa shape index (κ2) is 8.92. The Kier molecular flexibility index (Phi) is 6.13. The molecule has 28 heavy (non-hydrogen) atoms. The molecule has 0 aliphatic heterocycles.